The van der Waals surface area contributed by atoms with Gasteiger partial charge in [-0.2, -0.15) is 0 Å². The molecule has 3 heteroatoms. The summed E-state index contributed by atoms with van der Waals surface area (Å²) in [6.07, 6.45) is 0. The van der Waals surface area contributed by atoms with E-state index >= 15 is 0 Å². The van der Waals surface area contributed by atoms with E-state index in [9.17, 15) is 0 Å². The van der Waals surface area contributed by atoms with Crippen LogP contribution in [-0.2, 0) is 0 Å². The molecule has 8 aromatic carbocycles. The lowest BCUT2D eigenvalue weighted by molar-refractivity contribution is 1.19. The first kappa shape index (κ1) is 29.5. The number of nitrogens with zero attached hydrogens (tertiary/aromatic N) is 2. The number of aromatic nitrogens is 1. The molecule has 2 heterocycles. The molecular formula is C48H32N2S. The van der Waals surface area contributed by atoms with E-state index in [0.717, 1.165) is 11.4 Å². The smallest absolute Gasteiger partial charge is 0.0728 e. The van der Waals surface area contributed by atoms with Crippen LogP contribution < -0.4 is 4.90 Å². The summed E-state index contributed by atoms with van der Waals surface area (Å²) in [4.78, 5) is 2.46. The number of thiophene rings is 1. The number of hydrogen-bond acceptors (Lipinski definition) is 2. The monoisotopic (exact) mass is 668 g/mol. The highest BCUT2D eigenvalue weighted by atomic mass is 32.1. The van der Waals surface area contributed by atoms with E-state index in [4.69, 9.17) is 0 Å². The van der Waals surface area contributed by atoms with Crippen molar-refractivity contribution in [2.24, 2.45) is 0 Å². The number of rotatable bonds is 6. The predicted molar refractivity (Wildman–Crippen MR) is 219 cm³/mol. The average molecular weight is 669 g/mol. The molecular weight excluding hydrogens is 637 g/mol. The molecule has 0 aliphatic rings. The highest BCUT2D eigenvalue weighted by molar-refractivity contribution is 7.27. The maximum absolute atomic E-state index is 2.46. The molecule has 2 aromatic heterocycles. The molecule has 10 rings (SSSR count). The van der Waals surface area contributed by atoms with Crippen molar-refractivity contribution < 1.29 is 0 Å². The van der Waals surface area contributed by atoms with Gasteiger partial charge in [0.15, 0.2) is 0 Å². The van der Waals surface area contributed by atoms with Gasteiger partial charge >= 0.3 is 0 Å². The van der Waals surface area contributed by atoms with Crippen molar-refractivity contribution in [3.8, 4) is 27.9 Å². The molecule has 0 unspecified atom stereocenters. The van der Waals surface area contributed by atoms with Crippen molar-refractivity contribution in [1.82, 2.24) is 4.57 Å². The first-order valence-electron chi connectivity index (χ1n) is 17.4. The molecule has 51 heavy (non-hydrogen) atoms. The minimum Gasteiger partial charge on any atom is -0.308 e. The van der Waals surface area contributed by atoms with Crippen LogP contribution in [0.4, 0.5) is 17.1 Å². The van der Waals surface area contributed by atoms with Gasteiger partial charge in [-0.15, -0.1) is 11.3 Å². The Morgan fingerprint density at radius 1 is 0.412 bits per heavy atom. The minimum absolute atomic E-state index is 1.12. The number of para-hydroxylation sites is 3. The Morgan fingerprint density at radius 3 is 1.90 bits per heavy atom. The van der Waals surface area contributed by atoms with Crippen LogP contribution in [-0.4, -0.2) is 4.57 Å². The van der Waals surface area contributed by atoms with Crippen molar-refractivity contribution >= 4 is 70.4 Å². The summed E-state index contributed by atoms with van der Waals surface area (Å²) in [6, 6.07) is 70.2. The first-order valence-corrected chi connectivity index (χ1v) is 18.2. The van der Waals surface area contributed by atoms with E-state index in [1.54, 1.807) is 0 Å². The van der Waals surface area contributed by atoms with E-state index < -0.39 is 0 Å². The van der Waals surface area contributed by atoms with Crippen LogP contribution in [0.15, 0.2) is 194 Å². The van der Waals surface area contributed by atoms with Crippen LogP contribution in [0.25, 0.3) is 69.9 Å². The lowest BCUT2D eigenvalue weighted by Gasteiger charge is -2.28. The molecule has 240 valence electrons. The molecule has 2 nitrogen and oxygen atoms in total. The predicted octanol–water partition coefficient (Wildman–Crippen LogP) is 14.0. The Balaban J connectivity index is 1.21. The summed E-state index contributed by atoms with van der Waals surface area (Å²) >= 11 is 1.89. The third-order valence-electron chi connectivity index (χ3n) is 9.98. The standard InChI is InChI=1S/C48H32N2S/c1-3-15-35(16-4-1)40-20-9-11-23-43(40)49(39-30-28-34(29-31-39)37-27-26-33-14-7-8-17-36(33)32-37)45-25-13-22-42-46-48(51-47(42)45)41-21-10-12-24-44(41)50(46)38-18-5-2-6-19-38/h1-32H. The van der Waals surface area contributed by atoms with E-state index in [2.05, 4.69) is 204 Å². The Kier molecular flexibility index (Phi) is 7.04. The molecule has 0 N–H and O–H groups in total. The number of fused-ring (bicyclic) bond motifs is 6. The molecule has 0 fully saturated rings. The molecule has 0 aliphatic heterocycles. The van der Waals surface area contributed by atoms with Gasteiger partial charge in [-0.3, -0.25) is 0 Å². The molecule has 0 saturated heterocycles. The normalized spacial score (nSPS) is 11.5. The summed E-state index contributed by atoms with van der Waals surface area (Å²) in [5, 5.41) is 5.04. The van der Waals surface area contributed by atoms with Gasteiger partial charge in [0.25, 0.3) is 0 Å². The maximum Gasteiger partial charge on any atom is 0.0728 e. The molecule has 0 saturated carbocycles. The van der Waals surface area contributed by atoms with Crippen LogP contribution in [0.3, 0.4) is 0 Å². The zero-order valence-corrected chi connectivity index (χ0v) is 28.6. The van der Waals surface area contributed by atoms with Gasteiger partial charge in [-0.05, 0) is 76.0 Å². The highest BCUT2D eigenvalue weighted by Crippen LogP contribution is 2.49. The number of benzene rings is 8. The van der Waals surface area contributed by atoms with Crippen molar-refractivity contribution in [2.45, 2.75) is 0 Å². The van der Waals surface area contributed by atoms with Gasteiger partial charge in [0.05, 0.1) is 31.8 Å². The average Bonchev–Trinajstić information content (AvgIpc) is 3.74. The van der Waals surface area contributed by atoms with Gasteiger partial charge < -0.3 is 9.47 Å². The number of hydrogen-bond donors (Lipinski definition) is 0. The molecule has 10 aromatic rings. The molecule has 0 spiro atoms. The molecule has 0 aliphatic carbocycles. The Bertz CT molecular complexity index is 2850. The molecule has 0 radical (unpaired) electrons. The van der Waals surface area contributed by atoms with Gasteiger partial charge in [0, 0.05) is 27.7 Å². The van der Waals surface area contributed by atoms with Crippen molar-refractivity contribution in [3.63, 3.8) is 0 Å². The van der Waals surface area contributed by atoms with Crippen molar-refractivity contribution in [1.29, 1.82) is 0 Å². The van der Waals surface area contributed by atoms with E-state index in [1.165, 1.54) is 75.6 Å². The van der Waals surface area contributed by atoms with Crippen LogP contribution in [0.1, 0.15) is 0 Å². The summed E-state index contributed by atoms with van der Waals surface area (Å²) in [5.41, 5.74) is 11.9. The third kappa shape index (κ3) is 4.93. The topological polar surface area (TPSA) is 8.17 Å². The van der Waals surface area contributed by atoms with Gasteiger partial charge in [0.2, 0.25) is 0 Å². The van der Waals surface area contributed by atoms with Crippen LogP contribution in [0.2, 0.25) is 0 Å². The molecule has 0 amide bonds. The van der Waals surface area contributed by atoms with Crippen LogP contribution >= 0.6 is 11.3 Å². The van der Waals surface area contributed by atoms with Crippen LogP contribution in [0, 0.1) is 0 Å². The Labute approximate surface area is 300 Å². The molecule has 0 atom stereocenters. The fourth-order valence-electron chi connectivity index (χ4n) is 7.61. The number of anilines is 3. The van der Waals surface area contributed by atoms with Gasteiger partial charge in [-0.1, -0.05) is 146 Å². The van der Waals surface area contributed by atoms with E-state index in [-0.39, 0.29) is 0 Å². The summed E-state index contributed by atoms with van der Waals surface area (Å²) in [6.45, 7) is 0. The second kappa shape index (κ2) is 12.2. The maximum atomic E-state index is 2.46. The first-order chi connectivity index (χ1) is 25.3. The fraction of sp³-hybridized carbons (Fsp3) is 0. The minimum atomic E-state index is 1.12. The fourth-order valence-corrected chi connectivity index (χ4v) is 8.93. The summed E-state index contributed by atoms with van der Waals surface area (Å²) in [7, 11) is 0. The lowest BCUT2D eigenvalue weighted by atomic mass is 9.99. The van der Waals surface area contributed by atoms with Crippen LogP contribution in [0.5, 0.6) is 0 Å². The second-order valence-corrected chi connectivity index (χ2v) is 14.0. The second-order valence-electron chi connectivity index (χ2n) is 12.9. The Morgan fingerprint density at radius 2 is 1.06 bits per heavy atom. The SMILES string of the molecule is c1ccc(-c2ccccc2N(c2ccc(-c3ccc4ccccc4c3)cc2)c2cccc3c2sc2c4ccccc4n(-c4ccccc4)c32)cc1. The largest absolute Gasteiger partial charge is 0.308 e. The quantitative estimate of drug-likeness (QED) is 0.171. The lowest BCUT2D eigenvalue weighted by Crippen LogP contribution is -2.11. The molecule has 0 bridgehead atoms. The van der Waals surface area contributed by atoms with E-state index in [1.807, 2.05) is 11.3 Å². The summed E-state index contributed by atoms with van der Waals surface area (Å²) in [5.74, 6) is 0. The van der Waals surface area contributed by atoms with Gasteiger partial charge in [0.1, 0.15) is 0 Å². The third-order valence-corrected chi connectivity index (χ3v) is 11.2. The zero-order chi connectivity index (χ0) is 33.7. The van der Waals surface area contributed by atoms with Crippen molar-refractivity contribution in [3.05, 3.63) is 194 Å². The summed E-state index contributed by atoms with van der Waals surface area (Å²) < 4.78 is 5.01. The van der Waals surface area contributed by atoms with Crippen molar-refractivity contribution in [2.75, 3.05) is 4.90 Å². The van der Waals surface area contributed by atoms with Gasteiger partial charge in [-0.25, -0.2) is 0 Å². The van der Waals surface area contributed by atoms with E-state index in [0.29, 0.717) is 0 Å². The Hall–Kier alpha value is -6.42. The zero-order valence-electron chi connectivity index (χ0n) is 27.8. The highest BCUT2D eigenvalue weighted by Gasteiger charge is 2.24.